The molecule has 0 amide bonds. The average molecular weight is 427 g/mol. The van der Waals surface area contributed by atoms with Crippen LogP contribution in [0.4, 0.5) is 13.2 Å². The van der Waals surface area contributed by atoms with Gasteiger partial charge in [-0.2, -0.15) is 21.6 Å². The zero-order valence-electron chi connectivity index (χ0n) is 15.1. The molecule has 1 aromatic heterocycles. The minimum Gasteiger partial charge on any atom is -0.467 e. The Balaban J connectivity index is 1.96. The van der Waals surface area contributed by atoms with E-state index < -0.39 is 21.4 Å². The van der Waals surface area contributed by atoms with Crippen molar-refractivity contribution in [3.05, 3.63) is 66.0 Å². The van der Waals surface area contributed by atoms with Crippen LogP contribution in [0.5, 0.6) is 11.5 Å². The summed E-state index contributed by atoms with van der Waals surface area (Å²) in [4.78, 5) is 4.38. The molecule has 0 aliphatic heterocycles. The van der Waals surface area contributed by atoms with Crippen molar-refractivity contribution in [2.24, 2.45) is 0 Å². The smallest absolute Gasteiger partial charge is 0.467 e. The summed E-state index contributed by atoms with van der Waals surface area (Å²) in [6.07, 6.45) is 1.95. The van der Waals surface area contributed by atoms with Crippen LogP contribution in [0.25, 0.3) is 10.8 Å². The number of aromatic nitrogens is 1. The van der Waals surface area contributed by atoms with Gasteiger partial charge in [0.25, 0.3) is 0 Å². The average Bonchev–Trinajstić information content (AvgIpc) is 2.67. The Bertz CT molecular complexity index is 1110. The molecule has 0 atom stereocenters. The van der Waals surface area contributed by atoms with Gasteiger partial charge in [0.1, 0.15) is 11.5 Å². The predicted molar refractivity (Wildman–Crippen MR) is 99.1 cm³/mol. The Hall–Kier alpha value is -2.85. The maximum atomic E-state index is 12.6. The Morgan fingerprint density at radius 3 is 2.55 bits per heavy atom. The fourth-order valence-corrected chi connectivity index (χ4v) is 3.12. The van der Waals surface area contributed by atoms with E-state index in [0.717, 1.165) is 28.6 Å². The molecule has 154 valence electrons. The standard InChI is InChI=1S/C19H16F3NO5S/c1-26-12-27-18-11-15(28-29(24,25)19(20,21)22)7-6-14(18)10-17-16-5-3-2-4-13(16)8-9-23-17/h2-9,11H,10,12H2,1H3. The molecular weight excluding hydrogens is 411 g/mol. The first-order chi connectivity index (χ1) is 13.7. The molecule has 0 aliphatic carbocycles. The van der Waals surface area contributed by atoms with E-state index in [-0.39, 0.29) is 12.5 Å². The number of benzene rings is 2. The van der Waals surface area contributed by atoms with Gasteiger partial charge in [0.2, 0.25) is 0 Å². The van der Waals surface area contributed by atoms with Gasteiger partial charge >= 0.3 is 15.6 Å². The number of methoxy groups -OCH3 is 1. The zero-order chi connectivity index (χ0) is 21.1. The second kappa shape index (κ2) is 8.26. The summed E-state index contributed by atoms with van der Waals surface area (Å²) in [5.41, 5.74) is -4.24. The summed E-state index contributed by atoms with van der Waals surface area (Å²) in [6.45, 7) is -0.189. The number of hydrogen-bond acceptors (Lipinski definition) is 6. The van der Waals surface area contributed by atoms with Gasteiger partial charge in [-0.25, -0.2) is 0 Å². The highest BCUT2D eigenvalue weighted by Crippen LogP contribution is 2.32. The van der Waals surface area contributed by atoms with Crippen LogP contribution in [-0.4, -0.2) is 32.8 Å². The molecule has 0 saturated carbocycles. The van der Waals surface area contributed by atoms with E-state index in [2.05, 4.69) is 9.17 Å². The third-order valence-electron chi connectivity index (χ3n) is 3.97. The largest absolute Gasteiger partial charge is 0.534 e. The molecule has 0 aliphatic rings. The van der Waals surface area contributed by atoms with Crippen LogP contribution >= 0.6 is 0 Å². The zero-order valence-corrected chi connectivity index (χ0v) is 16.0. The van der Waals surface area contributed by atoms with Gasteiger partial charge < -0.3 is 13.7 Å². The number of pyridine rings is 1. The van der Waals surface area contributed by atoms with Gasteiger partial charge in [-0.3, -0.25) is 4.98 Å². The minimum absolute atomic E-state index is 0.122. The van der Waals surface area contributed by atoms with Gasteiger partial charge in [0.05, 0.1) is 5.69 Å². The SMILES string of the molecule is COCOc1cc(OS(=O)(=O)C(F)(F)F)ccc1Cc1nccc2ccccc12. The van der Waals surface area contributed by atoms with Gasteiger partial charge in [-0.05, 0) is 17.5 Å². The summed E-state index contributed by atoms with van der Waals surface area (Å²) >= 11 is 0. The lowest BCUT2D eigenvalue weighted by molar-refractivity contribution is -0.0500. The highest BCUT2D eigenvalue weighted by atomic mass is 32.2. The molecule has 3 rings (SSSR count). The molecule has 2 aromatic carbocycles. The van der Waals surface area contributed by atoms with Gasteiger partial charge in [-0.1, -0.05) is 30.3 Å². The summed E-state index contributed by atoms with van der Waals surface area (Å²) < 4.78 is 74.6. The summed E-state index contributed by atoms with van der Waals surface area (Å²) in [5, 5.41) is 1.89. The number of nitrogens with zero attached hydrogens (tertiary/aromatic N) is 1. The lowest BCUT2D eigenvalue weighted by atomic mass is 10.0. The van der Waals surface area contributed by atoms with Gasteiger partial charge in [0, 0.05) is 36.7 Å². The molecular formula is C19H16F3NO5S. The number of fused-ring (bicyclic) bond motifs is 1. The number of hydrogen-bond donors (Lipinski definition) is 0. The third-order valence-corrected chi connectivity index (χ3v) is 4.95. The van der Waals surface area contributed by atoms with E-state index in [1.54, 1.807) is 6.20 Å². The highest BCUT2D eigenvalue weighted by molar-refractivity contribution is 7.88. The monoisotopic (exact) mass is 427 g/mol. The van der Waals surface area contributed by atoms with Crippen molar-refractivity contribution in [1.29, 1.82) is 0 Å². The second-order valence-electron chi connectivity index (χ2n) is 5.96. The van der Waals surface area contributed by atoms with Gasteiger partial charge in [0.15, 0.2) is 6.79 Å². The van der Waals surface area contributed by atoms with Crippen LogP contribution in [0.3, 0.4) is 0 Å². The first-order valence-corrected chi connectivity index (χ1v) is 9.70. The van der Waals surface area contributed by atoms with Crippen molar-refractivity contribution in [2.45, 2.75) is 11.9 Å². The fourth-order valence-electron chi connectivity index (χ4n) is 2.67. The normalized spacial score (nSPS) is 12.1. The van der Waals surface area contributed by atoms with E-state index >= 15 is 0 Å². The molecule has 3 aromatic rings. The van der Waals surface area contributed by atoms with Crippen molar-refractivity contribution in [3.63, 3.8) is 0 Å². The van der Waals surface area contributed by atoms with Crippen molar-refractivity contribution < 1.29 is 35.2 Å². The Morgan fingerprint density at radius 2 is 1.83 bits per heavy atom. The number of rotatable bonds is 7. The van der Waals surface area contributed by atoms with Crippen LogP contribution in [0.15, 0.2) is 54.7 Å². The Kier molecular flexibility index (Phi) is 5.94. The molecule has 0 radical (unpaired) electrons. The molecule has 29 heavy (non-hydrogen) atoms. The highest BCUT2D eigenvalue weighted by Gasteiger charge is 2.48. The molecule has 0 fully saturated rings. The van der Waals surface area contributed by atoms with Crippen LogP contribution in [-0.2, 0) is 21.3 Å². The van der Waals surface area contributed by atoms with Crippen LogP contribution in [0, 0.1) is 0 Å². The van der Waals surface area contributed by atoms with E-state index in [1.165, 1.54) is 13.2 Å². The van der Waals surface area contributed by atoms with Crippen molar-refractivity contribution >= 4 is 20.9 Å². The Labute approximate surface area is 165 Å². The Morgan fingerprint density at radius 1 is 1.07 bits per heavy atom. The van der Waals surface area contributed by atoms with Gasteiger partial charge in [-0.15, -0.1) is 0 Å². The molecule has 0 unspecified atom stereocenters. The molecule has 0 bridgehead atoms. The first kappa shape index (κ1) is 20.9. The molecule has 6 nitrogen and oxygen atoms in total. The number of alkyl halides is 3. The van der Waals surface area contributed by atoms with Crippen molar-refractivity contribution in [3.8, 4) is 11.5 Å². The first-order valence-electron chi connectivity index (χ1n) is 8.29. The fraction of sp³-hybridized carbons (Fsp3) is 0.211. The van der Waals surface area contributed by atoms with Crippen LogP contribution in [0.1, 0.15) is 11.3 Å². The topological polar surface area (TPSA) is 74.7 Å². The third kappa shape index (κ3) is 4.77. The lowest BCUT2D eigenvalue weighted by Gasteiger charge is -2.14. The van der Waals surface area contributed by atoms with E-state index in [1.807, 2.05) is 30.3 Å². The van der Waals surface area contributed by atoms with Crippen LogP contribution < -0.4 is 8.92 Å². The predicted octanol–water partition coefficient (Wildman–Crippen LogP) is 4.04. The summed E-state index contributed by atoms with van der Waals surface area (Å²) in [5.74, 6) is -0.403. The quantitative estimate of drug-likeness (QED) is 0.322. The van der Waals surface area contributed by atoms with Crippen molar-refractivity contribution in [1.82, 2.24) is 4.98 Å². The maximum absolute atomic E-state index is 12.6. The molecule has 0 saturated heterocycles. The molecule has 10 heteroatoms. The second-order valence-corrected chi connectivity index (χ2v) is 7.50. The van der Waals surface area contributed by atoms with Crippen LogP contribution in [0.2, 0.25) is 0 Å². The lowest BCUT2D eigenvalue weighted by Crippen LogP contribution is -2.28. The summed E-state index contributed by atoms with van der Waals surface area (Å²) in [6, 6.07) is 13.1. The summed E-state index contributed by atoms with van der Waals surface area (Å²) in [7, 11) is -4.41. The van der Waals surface area contributed by atoms with E-state index in [0.29, 0.717) is 12.0 Å². The molecule has 0 spiro atoms. The maximum Gasteiger partial charge on any atom is 0.534 e. The van der Waals surface area contributed by atoms with E-state index in [9.17, 15) is 21.6 Å². The minimum atomic E-state index is -5.79. The number of halogens is 3. The van der Waals surface area contributed by atoms with E-state index in [4.69, 9.17) is 9.47 Å². The molecule has 0 N–H and O–H groups in total. The number of ether oxygens (including phenoxy) is 2. The van der Waals surface area contributed by atoms with Crippen molar-refractivity contribution in [2.75, 3.05) is 13.9 Å². The molecule has 1 heterocycles.